The number of fused-ring (bicyclic) bond motifs is 1. The molecule has 0 spiro atoms. The predicted octanol–water partition coefficient (Wildman–Crippen LogP) is 4.82. The van der Waals surface area contributed by atoms with Crippen LogP contribution >= 0.6 is 11.3 Å². The fourth-order valence-corrected chi connectivity index (χ4v) is 5.23. The van der Waals surface area contributed by atoms with Crippen molar-refractivity contribution in [2.24, 2.45) is 5.92 Å². The third-order valence-corrected chi connectivity index (χ3v) is 7.25. The maximum atomic E-state index is 12.5. The number of ether oxygens (including phenoxy) is 1. The monoisotopic (exact) mass is 481 g/mol. The molecule has 0 radical (unpaired) electrons. The first-order chi connectivity index (χ1) is 16.5. The number of aliphatic carboxylic acids is 1. The Balaban J connectivity index is 1.27. The molecule has 1 aliphatic rings. The highest BCUT2D eigenvalue weighted by Gasteiger charge is 2.24. The molecule has 1 saturated carbocycles. The summed E-state index contributed by atoms with van der Waals surface area (Å²) < 4.78 is 6.83. The molecule has 0 bridgehead atoms. The number of nitrogens with zero attached hydrogens (tertiary/aromatic N) is 2. The Morgan fingerprint density at radius 1 is 1.15 bits per heavy atom. The quantitative estimate of drug-likeness (QED) is 0.431. The van der Waals surface area contributed by atoms with Crippen LogP contribution in [-0.2, 0) is 16.0 Å². The van der Waals surface area contributed by atoms with Gasteiger partial charge in [-0.05, 0) is 42.7 Å². The van der Waals surface area contributed by atoms with Gasteiger partial charge in [-0.25, -0.2) is 9.78 Å². The molecule has 8 heteroatoms. The number of para-hydroxylation sites is 1. The van der Waals surface area contributed by atoms with Crippen LogP contribution < -0.4 is 10.1 Å². The Labute approximate surface area is 203 Å². The Morgan fingerprint density at radius 2 is 1.88 bits per heavy atom. The molecule has 1 heterocycles. The first-order valence-corrected chi connectivity index (χ1v) is 12.6. The molecule has 0 aliphatic heterocycles. The molecule has 34 heavy (non-hydrogen) atoms. The molecule has 3 aromatic rings. The zero-order chi connectivity index (χ0) is 23.9. The number of carbonyl (C=O) groups is 2. The second kappa shape index (κ2) is 11.3. The van der Waals surface area contributed by atoms with Crippen molar-refractivity contribution in [1.29, 1.82) is 0 Å². The first kappa shape index (κ1) is 24.0. The van der Waals surface area contributed by atoms with Gasteiger partial charge in [0.2, 0.25) is 5.91 Å². The highest BCUT2D eigenvalue weighted by molar-refractivity contribution is 7.22. The molecule has 0 saturated heterocycles. The number of likely N-dealkylation sites (N-methyl/N-ethyl adjacent to an activating group) is 1. The van der Waals surface area contributed by atoms with Crippen molar-refractivity contribution in [3.8, 4) is 5.75 Å². The van der Waals surface area contributed by atoms with Gasteiger partial charge < -0.3 is 20.1 Å². The third kappa shape index (κ3) is 6.26. The zero-order valence-corrected chi connectivity index (χ0v) is 20.2. The number of anilines is 1. The van der Waals surface area contributed by atoms with Gasteiger partial charge in [0.25, 0.3) is 0 Å². The molecule has 1 fully saturated rings. The number of amides is 1. The molecule has 4 rings (SSSR count). The molecule has 1 aliphatic carbocycles. The molecule has 1 unspecified atom stereocenters. The normalized spacial score (nSPS) is 15.1. The maximum Gasteiger partial charge on any atom is 0.326 e. The van der Waals surface area contributed by atoms with E-state index in [-0.39, 0.29) is 11.8 Å². The van der Waals surface area contributed by atoms with Crippen molar-refractivity contribution in [2.75, 3.05) is 25.5 Å². The van der Waals surface area contributed by atoms with Crippen LogP contribution in [0.4, 0.5) is 5.13 Å². The number of rotatable bonds is 10. The highest BCUT2D eigenvalue weighted by atomic mass is 32.1. The van der Waals surface area contributed by atoms with E-state index >= 15 is 0 Å². The van der Waals surface area contributed by atoms with E-state index < -0.39 is 12.0 Å². The smallest absolute Gasteiger partial charge is 0.326 e. The first-order valence-electron chi connectivity index (χ1n) is 11.8. The van der Waals surface area contributed by atoms with Gasteiger partial charge >= 0.3 is 5.97 Å². The van der Waals surface area contributed by atoms with Crippen molar-refractivity contribution in [3.05, 3.63) is 54.1 Å². The van der Waals surface area contributed by atoms with Gasteiger partial charge in [0.1, 0.15) is 18.4 Å². The lowest BCUT2D eigenvalue weighted by atomic mass is 9.88. The van der Waals surface area contributed by atoms with Crippen LogP contribution in [-0.4, -0.2) is 53.1 Å². The number of nitrogens with one attached hydrogen (secondary N) is 1. The van der Waals surface area contributed by atoms with Crippen LogP contribution in [0.3, 0.4) is 0 Å². The van der Waals surface area contributed by atoms with Crippen LogP contribution in [0.5, 0.6) is 5.75 Å². The summed E-state index contributed by atoms with van der Waals surface area (Å²) in [7, 11) is 1.84. The third-order valence-electron chi connectivity index (χ3n) is 6.28. The van der Waals surface area contributed by atoms with E-state index in [4.69, 9.17) is 4.74 Å². The molecule has 2 N–H and O–H groups in total. The lowest BCUT2D eigenvalue weighted by Gasteiger charge is -2.26. The Kier molecular flexibility index (Phi) is 8.00. The van der Waals surface area contributed by atoms with Crippen molar-refractivity contribution in [1.82, 2.24) is 9.88 Å². The Hall–Kier alpha value is -3.13. The number of thiazole rings is 1. The van der Waals surface area contributed by atoms with Crippen LogP contribution in [0, 0.1) is 5.92 Å². The van der Waals surface area contributed by atoms with E-state index in [9.17, 15) is 14.7 Å². The Bertz CT molecular complexity index is 1080. The average Bonchev–Trinajstić information content (AvgIpc) is 3.27. The van der Waals surface area contributed by atoms with Gasteiger partial charge in [-0.2, -0.15) is 0 Å². The van der Waals surface area contributed by atoms with E-state index in [0.717, 1.165) is 41.5 Å². The highest BCUT2D eigenvalue weighted by Crippen LogP contribution is 2.27. The van der Waals surface area contributed by atoms with Crippen LogP contribution in [0.15, 0.2) is 48.5 Å². The number of carboxylic acids is 1. The summed E-state index contributed by atoms with van der Waals surface area (Å²) >= 11 is 1.44. The second-order valence-corrected chi connectivity index (χ2v) is 9.84. The lowest BCUT2D eigenvalue weighted by molar-refractivity contribution is -0.138. The van der Waals surface area contributed by atoms with Gasteiger partial charge in [-0.3, -0.25) is 4.79 Å². The summed E-state index contributed by atoms with van der Waals surface area (Å²) in [6, 6.07) is 14.4. The van der Waals surface area contributed by atoms with Gasteiger partial charge in [0.15, 0.2) is 5.13 Å². The predicted molar refractivity (Wildman–Crippen MR) is 135 cm³/mol. The summed E-state index contributed by atoms with van der Waals surface area (Å²) in [6.07, 6.45) is 5.84. The Morgan fingerprint density at radius 3 is 2.59 bits per heavy atom. The van der Waals surface area contributed by atoms with E-state index in [2.05, 4.69) is 10.3 Å². The topological polar surface area (TPSA) is 91.8 Å². The molecule has 180 valence electrons. The fourth-order valence-electron chi connectivity index (χ4n) is 4.31. The molecule has 1 aromatic heterocycles. The minimum Gasteiger partial charge on any atom is -0.492 e. The summed E-state index contributed by atoms with van der Waals surface area (Å²) in [5.41, 5.74) is 1.74. The van der Waals surface area contributed by atoms with Crippen molar-refractivity contribution in [3.63, 3.8) is 0 Å². The van der Waals surface area contributed by atoms with Gasteiger partial charge in [-0.15, -0.1) is 0 Å². The summed E-state index contributed by atoms with van der Waals surface area (Å²) in [6.45, 7) is 0.968. The molecule has 1 atom stereocenters. The minimum absolute atomic E-state index is 0.164. The fraction of sp³-hybridized carbons (Fsp3) is 0.423. The SMILES string of the molecule is CN(CCOc1ccc(CC(Nc2nc3ccccc3s2)C(=O)O)cc1)C(=O)C1CCCCC1. The number of aromatic nitrogens is 1. The number of carboxylic acid groups (broad SMARTS) is 1. The molecule has 2 aromatic carbocycles. The maximum absolute atomic E-state index is 12.5. The number of hydrogen-bond donors (Lipinski definition) is 2. The molecule has 1 amide bonds. The lowest BCUT2D eigenvalue weighted by Crippen LogP contribution is -2.36. The zero-order valence-electron chi connectivity index (χ0n) is 19.4. The van der Waals surface area contributed by atoms with Crippen LogP contribution in [0.25, 0.3) is 10.2 Å². The van der Waals surface area contributed by atoms with Crippen molar-refractivity contribution < 1.29 is 19.4 Å². The van der Waals surface area contributed by atoms with E-state index in [1.165, 1.54) is 17.8 Å². The van der Waals surface area contributed by atoms with E-state index in [0.29, 0.717) is 30.5 Å². The standard InChI is InChI=1S/C26H31N3O4S/c1-29(24(30)19-7-3-2-4-8-19)15-16-33-20-13-11-18(12-14-20)17-22(25(31)32)28-26-27-21-9-5-6-10-23(21)34-26/h5-6,9-14,19,22H,2-4,7-8,15-17H2,1H3,(H,27,28)(H,31,32). The number of carbonyl (C=O) groups excluding carboxylic acids is 1. The van der Waals surface area contributed by atoms with Gasteiger partial charge in [0, 0.05) is 19.4 Å². The van der Waals surface area contributed by atoms with E-state index in [1.54, 1.807) is 4.90 Å². The summed E-state index contributed by atoms with van der Waals surface area (Å²) in [5, 5.41) is 13.3. The summed E-state index contributed by atoms with van der Waals surface area (Å²) in [4.78, 5) is 30.6. The van der Waals surface area contributed by atoms with Crippen molar-refractivity contribution >= 4 is 38.6 Å². The summed E-state index contributed by atoms with van der Waals surface area (Å²) in [5.74, 6) is 0.161. The second-order valence-electron chi connectivity index (χ2n) is 8.81. The van der Waals surface area contributed by atoms with Gasteiger partial charge in [-0.1, -0.05) is 54.9 Å². The average molecular weight is 482 g/mol. The minimum atomic E-state index is -0.926. The van der Waals surface area contributed by atoms with Crippen molar-refractivity contribution in [2.45, 2.75) is 44.6 Å². The van der Waals surface area contributed by atoms with Crippen LogP contribution in [0.2, 0.25) is 0 Å². The van der Waals surface area contributed by atoms with Crippen LogP contribution in [0.1, 0.15) is 37.7 Å². The van der Waals surface area contributed by atoms with E-state index in [1.807, 2.05) is 55.6 Å². The van der Waals surface area contributed by atoms with Gasteiger partial charge in [0.05, 0.1) is 16.8 Å². The largest absolute Gasteiger partial charge is 0.492 e. The molecular formula is C26H31N3O4S. The number of hydrogen-bond acceptors (Lipinski definition) is 6. The molecular weight excluding hydrogens is 450 g/mol. The number of benzene rings is 2. The molecule has 7 nitrogen and oxygen atoms in total.